The van der Waals surface area contributed by atoms with Crippen LogP contribution in [0.5, 0.6) is 0 Å². The van der Waals surface area contributed by atoms with E-state index in [0.717, 1.165) is 22.3 Å². The number of thiophene rings is 2. The monoisotopic (exact) mass is 921 g/mol. The van der Waals surface area contributed by atoms with E-state index in [0.29, 0.717) is 17.5 Å². The summed E-state index contributed by atoms with van der Waals surface area (Å²) in [5.74, 6) is -4.58. The first-order valence-electron chi connectivity index (χ1n) is 21.3. The molecule has 2 aromatic heterocycles. The number of ether oxygens (including phenoxy) is 4. The van der Waals surface area contributed by atoms with Crippen LogP contribution in [-0.2, 0) is 56.1 Å². The predicted molar refractivity (Wildman–Crippen MR) is 248 cm³/mol. The fourth-order valence-corrected chi connectivity index (χ4v) is 7.94. The Labute approximate surface area is 383 Å². The normalized spacial score (nSPS) is 15.2. The summed E-state index contributed by atoms with van der Waals surface area (Å²) in [4.78, 5) is 68.0. The van der Waals surface area contributed by atoms with Crippen LogP contribution in [0.3, 0.4) is 0 Å². The fraction of sp³-hybridized carbons (Fsp3) is 0.468. The van der Waals surface area contributed by atoms with E-state index in [1.54, 1.807) is 57.3 Å². The van der Waals surface area contributed by atoms with Crippen LogP contribution in [0, 0.1) is 17.8 Å². The maximum absolute atomic E-state index is 14.6. The summed E-state index contributed by atoms with van der Waals surface area (Å²) < 4.78 is 24.1. The molecule has 0 fully saturated rings. The molecule has 7 N–H and O–H groups in total. The first-order valence-corrected chi connectivity index (χ1v) is 23.2. The molecule has 0 spiro atoms. The standard InChI is InChI=1S/C47H63N5O10S2/c1-9-29(6)36(48)47(58)62-26-61-40(42(46(57)52-38(28(4)5)44(55)50-8)60-23-31-12-16-33(17-13-31)35-19-21-64-25-35)39(53)41(45(56)51-37(27(2)3)43(54)49-7)59-22-30-10-14-32(15-11-30)34-18-20-63-24-34/h10-21,24-25,27-29,36-42,53H,9,22-23,26,48H2,1-8H3,(H,49,54)(H,50,55)(H,51,56)(H,52,57)/t29-,36-,37-,38-,39+,40+,41+,42+/m0/s1. The average Bonchev–Trinajstić information content (AvgIpc) is 4.05. The lowest BCUT2D eigenvalue weighted by Crippen LogP contribution is -2.61. The quantitative estimate of drug-likeness (QED) is 0.0384. The van der Waals surface area contributed by atoms with Crippen LogP contribution in [0.2, 0.25) is 0 Å². The molecule has 8 atom stereocenters. The number of hydrogen-bond acceptors (Lipinski definition) is 13. The van der Waals surface area contributed by atoms with E-state index in [4.69, 9.17) is 24.7 Å². The topological polar surface area (TPSA) is 217 Å². The van der Waals surface area contributed by atoms with Gasteiger partial charge in [0, 0.05) is 14.1 Å². The average molecular weight is 922 g/mol. The molecule has 64 heavy (non-hydrogen) atoms. The van der Waals surface area contributed by atoms with Gasteiger partial charge in [-0.2, -0.15) is 22.7 Å². The molecule has 0 saturated heterocycles. The number of aliphatic hydroxyl groups is 1. The van der Waals surface area contributed by atoms with Crippen LogP contribution in [0.15, 0.2) is 82.2 Å². The molecule has 17 heteroatoms. The lowest BCUT2D eigenvalue weighted by Gasteiger charge is -2.35. The molecule has 0 saturated carbocycles. The Morgan fingerprint density at radius 2 is 1.06 bits per heavy atom. The van der Waals surface area contributed by atoms with Crippen molar-refractivity contribution in [3.8, 4) is 22.3 Å². The maximum atomic E-state index is 14.6. The van der Waals surface area contributed by atoms with Crippen molar-refractivity contribution in [3.63, 3.8) is 0 Å². The highest BCUT2D eigenvalue weighted by Crippen LogP contribution is 2.26. The number of nitrogens with one attached hydrogen (secondary N) is 4. The van der Waals surface area contributed by atoms with Crippen molar-refractivity contribution in [2.24, 2.45) is 23.5 Å². The van der Waals surface area contributed by atoms with Gasteiger partial charge in [-0.05, 0) is 84.8 Å². The summed E-state index contributed by atoms with van der Waals surface area (Å²) in [5.41, 5.74) is 11.4. The number of rotatable bonds is 25. The summed E-state index contributed by atoms with van der Waals surface area (Å²) in [7, 11) is 2.87. The van der Waals surface area contributed by atoms with Crippen LogP contribution in [0.4, 0.5) is 0 Å². The molecule has 0 aliphatic carbocycles. The third kappa shape index (κ3) is 14.5. The minimum atomic E-state index is -2.03. The fourth-order valence-electron chi connectivity index (χ4n) is 6.61. The number of nitrogens with two attached hydrogens (primary N) is 1. The zero-order chi connectivity index (χ0) is 46.9. The van der Waals surface area contributed by atoms with Crippen molar-refractivity contribution < 1.29 is 48.0 Å². The van der Waals surface area contributed by atoms with Crippen molar-refractivity contribution in [1.29, 1.82) is 0 Å². The van der Waals surface area contributed by atoms with Gasteiger partial charge in [-0.3, -0.25) is 24.0 Å². The van der Waals surface area contributed by atoms with Gasteiger partial charge >= 0.3 is 5.97 Å². The Bertz CT molecular complexity index is 2060. The summed E-state index contributed by atoms with van der Waals surface area (Å²) >= 11 is 3.13. The van der Waals surface area contributed by atoms with Gasteiger partial charge < -0.3 is 51.1 Å². The Hall–Kier alpha value is -5.01. The number of amides is 4. The van der Waals surface area contributed by atoms with Gasteiger partial charge in [0.1, 0.15) is 30.3 Å². The van der Waals surface area contributed by atoms with E-state index in [9.17, 15) is 29.1 Å². The van der Waals surface area contributed by atoms with Crippen LogP contribution in [-0.4, -0.2) is 98.1 Å². The van der Waals surface area contributed by atoms with E-state index < -0.39 is 90.8 Å². The van der Waals surface area contributed by atoms with E-state index in [1.807, 2.05) is 89.1 Å². The van der Waals surface area contributed by atoms with Gasteiger partial charge in [-0.25, -0.2) is 0 Å². The summed E-state index contributed by atoms with van der Waals surface area (Å²) in [6.45, 7) is 9.42. The van der Waals surface area contributed by atoms with E-state index >= 15 is 0 Å². The number of carbonyl (C=O) groups is 5. The number of esters is 1. The molecule has 348 valence electrons. The minimum absolute atomic E-state index is 0.195. The van der Waals surface area contributed by atoms with Crippen molar-refractivity contribution >= 4 is 52.3 Å². The molecule has 0 aliphatic heterocycles. The lowest BCUT2D eigenvalue weighted by atomic mass is 9.97. The Morgan fingerprint density at radius 3 is 1.45 bits per heavy atom. The number of aliphatic hydroxyl groups excluding tert-OH is 1. The Morgan fingerprint density at radius 1 is 0.625 bits per heavy atom. The summed E-state index contributed by atoms with van der Waals surface area (Å²) in [5, 5.41) is 31.0. The zero-order valence-corrected chi connectivity index (χ0v) is 39.3. The molecule has 0 aliphatic rings. The second kappa shape index (κ2) is 25.5. The van der Waals surface area contributed by atoms with Crippen molar-refractivity contribution in [1.82, 2.24) is 21.3 Å². The van der Waals surface area contributed by atoms with Crippen LogP contribution in [0.1, 0.15) is 59.1 Å². The van der Waals surface area contributed by atoms with Gasteiger partial charge in [0.25, 0.3) is 11.8 Å². The Balaban J connectivity index is 1.78. The minimum Gasteiger partial charge on any atom is -0.437 e. The molecule has 2 heterocycles. The largest absolute Gasteiger partial charge is 0.437 e. The Kier molecular flexibility index (Phi) is 20.5. The van der Waals surface area contributed by atoms with E-state index in [-0.39, 0.29) is 19.1 Å². The molecule has 0 unspecified atom stereocenters. The molecule has 0 radical (unpaired) electrons. The highest BCUT2D eigenvalue weighted by atomic mass is 32.1. The van der Waals surface area contributed by atoms with Crippen molar-refractivity contribution in [2.75, 3.05) is 20.9 Å². The molecule has 4 amide bonds. The first-order chi connectivity index (χ1) is 30.6. The first kappa shape index (κ1) is 51.6. The number of carbonyl (C=O) groups excluding carboxylic acids is 5. The van der Waals surface area contributed by atoms with Crippen LogP contribution in [0.25, 0.3) is 22.3 Å². The number of benzene rings is 2. The summed E-state index contributed by atoms with van der Waals surface area (Å²) in [6.07, 6.45) is -6.82. The second-order valence-electron chi connectivity index (χ2n) is 16.2. The highest BCUT2D eigenvalue weighted by molar-refractivity contribution is 7.08. The van der Waals surface area contributed by atoms with E-state index in [2.05, 4.69) is 21.3 Å². The second-order valence-corrected chi connectivity index (χ2v) is 17.7. The van der Waals surface area contributed by atoms with Crippen molar-refractivity contribution in [2.45, 2.75) is 104 Å². The third-order valence-electron chi connectivity index (χ3n) is 10.9. The smallest absolute Gasteiger partial charge is 0.325 e. The van der Waals surface area contributed by atoms with Crippen LogP contribution < -0.4 is 27.0 Å². The van der Waals surface area contributed by atoms with Gasteiger partial charge in [0.15, 0.2) is 19.0 Å². The highest BCUT2D eigenvalue weighted by Gasteiger charge is 2.45. The van der Waals surface area contributed by atoms with E-state index in [1.165, 1.54) is 14.1 Å². The number of hydrogen-bond donors (Lipinski definition) is 6. The van der Waals surface area contributed by atoms with Crippen LogP contribution >= 0.6 is 22.7 Å². The SMILES string of the molecule is CC[C@H](C)[C@H](N)C(=O)OCO[C@H]([C@@H](O)[C@@H](OCc1ccc(-c2ccsc2)cc1)C(=O)N[C@H](C(=O)NC)C(C)C)[C@@H](OCc1ccc(-c2ccsc2)cc1)C(=O)N[C@H](C(=O)NC)C(C)C. The van der Waals surface area contributed by atoms with Crippen molar-refractivity contribution in [3.05, 3.63) is 93.3 Å². The zero-order valence-electron chi connectivity index (χ0n) is 37.7. The van der Waals surface area contributed by atoms with Gasteiger partial charge in [0.2, 0.25) is 11.8 Å². The van der Waals surface area contributed by atoms with Gasteiger partial charge in [0.05, 0.1) is 13.2 Å². The van der Waals surface area contributed by atoms with Gasteiger partial charge in [-0.15, -0.1) is 0 Å². The molecule has 4 aromatic rings. The molecular formula is C47H63N5O10S2. The molecule has 15 nitrogen and oxygen atoms in total. The maximum Gasteiger partial charge on any atom is 0.325 e. The van der Waals surface area contributed by atoms with Gasteiger partial charge in [-0.1, -0.05) is 96.5 Å². The predicted octanol–water partition coefficient (Wildman–Crippen LogP) is 5.01. The third-order valence-corrected chi connectivity index (χ3v) is 12.3. The molecule has 4 rings (SSSR count). The molecule has 2 aromatic carbocycles. The molecule has 0 bridgehead atoms. The molecular weight excluding hydrogens is 859 g/mol. The summed E-state index contributed by atoms with van der Waals surface area (Å²) in [6, 6.07) is 15.8. The number of likely N-dealkylation sites (N-methyl/N-ethyl adjacent to an activating group) is 2. The lowest BCUT2D eigenvalue weighted by molar-refractivity contribution is -0.204.